The summed E-state index contributed by atoms with van der Waals surface area (Å²) in [6, 6.07) is 16.3. The van der Waals surface area contributed by atoms with Crippen LogP contribution in [0.3, 0.4) is 0 Å². The van der Waals surface area contributed by atoms with Crippen LogP contribution in [-0.4, -0.2) is 58.1 Å². The summed E-state index contributed by atoms with van der Waals surface area (Å²) in [5, 5.41) is 32.6. The van der Waals surface area contributed by atoms with Crippen molar-refractivity contribution in [2.24, 2.45) is 5.92 Å². The minimum absolute atomic E-state index is 0.0549. The van der Waals surface area contributed by atoms with Crippen molar-refractivity contribution in [1.29, 1.82) is 5.41 Å². The van der Waals surface area contributed by atoms with Crippen LogP contribution in [-0.2, 0) is 16.9 Å². The number of hydrogen-bond acceptors (Lipinski definition) is 4. The molecule has 1 heterocycles. The minimum Gasteiger partial charge on any atom is -0.508 e. The van der Waals surface area contributed by atoms with E-state index < -0.39 is 5.60 Å². The Balaban J connectivity index is 1.37. The fraction of sp³-hybridized carbons (Fsp3) is 0.440. The number of amides is 1. The highest BCUT2D eigenvalue weighted by molar-refractivity contribution is 5.87. The zero-order valence-electron chi connectivity index (χ0n) is 18.3. The van der Waals surface area contributed by atoms with Gasteiger partial charge in [-0.25, -0.2) is 0 Å². The number of nitrogens with zero attached hydrogens (tertiary/aromatic N) is 2. The van der Waals surface area contributed by atoms with Crippen LogP contribution in [0.2, 0.25) is 0 Å². The fourth-order valence-corrected chi connectivity index (χ4v) is 4.86. The number of piperazine rings is 1. The van der Waals surface area contributed by atoms with Crippen LogP contribution in [0.15, 0.2) is 54.6 Å². The topological polar surface area (TPSA) is 99.9 Å². The number of guanidine groups is 1. The van der Waals surface area contributed by atoms with E-state index in [9.17, 15) is 15.0 Å². The minimum atomic E-state index is -1.48. The number of phenolic OH excluding ortho intramolecular Hbond substituents is 1. The van der Waals surface area contributed by atoms with Crippen molar-refractivity contribution in [1.82, 2.24) is 15.1 Å². The zero-order valence-corrected chi connectivity index (χ0v) is 18.3. The molecule has 1 saturated heterocycles. The van der Waals surface area contributed by atoms with Crippen LogP contribution in [0.4, 0.5) is 0 Å². The lowest BCUT2D eigenvalue weighted by atomic mass is 9.79. The molecule has 0 bridgehead atoms. The lowest BCUT2D eigenvalue weighted by molar-refractivity contribution is -0.160. The Bertz CT molecular complexity index is 920. The summed E-state index contributed by atoms with van der Waals surface area (Å²) >= 11 is 0. The van der Waals surface area contributed by atoms with Gasteiger partial charge in [-0.3, -0.25) is 10.2 Å². The molecule has 1 amide bonds. The maximum atomic E-state index is 13.6. The van der Waals surface area contributed by atoms with Crippen LogP contribution in [0.25, 0.3) is 0 Å². The molecule has 2 aliphatic rings. The van der Waals surface area contributed by atoms with E-state index in [4.69, 9.17) is 5.41 Å². The molecule has 0 radical (unpaired) electrons. The molecule has 0 unspecified atom stereocenters. The fourth-order valence-electron chi connectivity index (χ4n) is 4.86. The Hall–Kier alpha value is -3.06. The Morgan fingerprint density at radius 3 is 2.19 bits per heavy atom. The first-order valence-electron chi connectivity index (χ1n) is 11.4. The lowest BCUT2D eigenvalue weighted by Gasteiger charge is -2.42. The predicted octanol–water partition coefficient (Wildman–Crippen LogP) is 2.64. The van der Waals surface area contributed by atoms with Gasteiger partial charge < -0.3 is 25.3 Å². The zero-order chi connectivity index (χ0) is 22.6. The molecule has 2 aromatic carbocycles. The molecule has 7 nitrogen and oxygen atoms in total. The summed E-state index contributed by atoms with van der Waals surface area (Å²) in [4.78, 5) is 17.3. The summed E-state index contributed by atoms with van der Waals surface area (Å²) in [6.45, 7) is 2.53. The van der Waals surface area contributed by atoms with Crippen molar-refractivity contribution < 1.29 is 15.0 Å². The van der Waals surface area contributed by atoms with Crippen molar-refractivity contribution in [3.05, 3.63) is 65.7 Å². The summed E-state index contributed by atoms with van der Waals surface area (Å²) in [5.74, 6) is 0.275. The number of nitrogens with one attached hydrogen (secondary N) is 2. The number of carbonyl (C=O) groups excluding carboxylic acids is 1. The third-order valence-corrected chi connectivity index (χ3v) is 6.77. The van der Waals surface area contributed by atoms with Crippen LogP contribution in [0.1, 0.15) is 36.8 Å². The molecule has 170 valence electrons. The van der Waals surface area contributed by atoms with Gasteiger partial charge >= 0.3 is 0 Å². The van der Waals surface area contributed by atoms with Crippen molar-refractivity contribution in [3.63, 3.8) is 0 Å². The lowest BCUT2D eigenvalue weighted by Crippen LogP contribution is -2.58. The SMILES string of the molecule is N=C(NCc1ccc(O)cc1)N1CCN(C(=O)[C@](O)(c2ccccc2)C2CCCC2)CC1. The van der Waals surface area contributed by atoms with E-state index in [1.165, 1.54) is 0 Å². The molecule has 4 rings (SSSR count). The Morgan fingerprint density at radius 2 is 1.56 bits per heavy atom. The van der Waals surface area contributed by atoms with E-state index in [1.54, 1.807) is 17.0 Å². The van der Waals surface area contributed by atoms with Crippen LogP contribution >= 0.6 is 0 Å². The summed E-state index contributed by atoms with van der Waals surface area (Å²) in [7, 11) is 0. The summed E-state index contributed by atoms with van der Waals surface area (Å²) in [5.41, 5.74) is 0.179. The first-order valence-corrected chi connectivity index (χ1v) is 11.4. The highest BCUT2D eigenvalue weighted by atomic mass is 16.3. The number of aromatic hydroxyl groups is 1. The Morgan fingerprint density at radius 1 is 0.969 bits per heavy atom. The number of carbonyl (C=O) groups is 1. The number of hydrogen-bond donors (Lipinski definition) is 4. The second kappa shape index (κ2) is 9.61. The Kier molecular flexibility index (Phi) is 6.65. The van der Waals surface area contributed by atoms with Crippen molar-refractivity contribution in [3.8, 4) is 5.75 Å². The van der Waals surface area contributed by atoms with Crippen molar-refractivity contribution >= 4 is 11.9 Å². The third-order valence-electron chi connectivity index (χ3n) is 6.77. The summed E-state index contributed by atoms with van der Waals surface area (Å²) < 4.78 is 0. The van der Waals surface area contributed by atoms with E-state index >= 15 is 0 Å². The van der Waals surface area contributed by atoms with Gasteiger partial charge in [-0.05, 0) is 36.1 Å². The molecule has 2 fully saturated rings. The van der Waals surface area contributed by atoms with E-state index in [0.29, 0.717) is 44.2 Å². The monoisotopic (exact) mass is 436 g/mol. The average Bonchev–Trinajstić information content (AvgIpc) is 3.39. The number of aliphatic hydroxyl groups is 1. The number of benzene rings is 2. The second-order valence-corrected chi connectivity index (χ2v) is 8.76. The molecular weight excluding hydrogens is 404 g/mol. The van der Waals surface area contributed by atoms with Gasteiger partial charge in [0.1, 0.15) is 5.75 Å². The van der Waals surface area contributed by atoms with Gasteiger partial charge in [0.2, 0.25) is 0 Å². The normalized spacial score (nSPS) is 18.9. The maximum absolute atomic E-state index is 13.6. The first kappa shape index (κ1) is 22.1. The molecule has 4 N–H and O–H groups in total. The highest BCUT2D eigenvalue weighted by Gasteiger charge is 2.48. The van der Waals surface area contributed by atoms with E-state index in [1.807, 2.05) is 47.4 Å². The molecule has 2 aromatic rings. The largest absolute Gasteiger partial charge is 0.508 e. The Labute approximate surface area is 189 Å². The quantitative estimate of drug-likeness (QED) is 0.427. The third kappa shape index (κ3) is 4.58. The van der Waals surface area contributed by atoms with E-state index in [0.717, 1.165) is 31.2 Å². The molecule has 0 aromatic heterocycles. The molecular formula is C25H32N4O3. The maximum Gasteiger partial charge on any atom is 0.259 e. The highest BCUT2D eigenvalue weighted by Crippen LogP contribution is 2.42. The van der Waals surface area contributed by atoms with Gasteiger partial charge in [-0.15, -0.1) is 0 Å². The van der Waals surface area contributed by atoms with Gasteiger partial charge in [0.15, 0.2) is 11.6 Å². The van der Waals surface area contributed by atoms with Crippen molar-refractivity contribution in [2.45, 2.75) is 37.8 Å². The molecule has 0 spiro atoms. The van der Waals surface area contributed by atoms with E-state index in [2.05, 4.69) is 5.32 Å². The molecule has 7 heteroatoms. The first-order chi connectivity index (χ1) is 15.5. The van der Waals surface area contributed by atoms with Crippen molar-refractivity contribution in [2.75, 3.05) is 26.2 Å². The van der Waals surface area contributed by atoms with E-state index in [-0.39, 0.29) is 17.6 Å². The molecule has 1 aliphatic heterocycles. The summed E-state index contributed by atoms with van der Waals surface area (Å²) in [6.07, 6.45) is 3.82. The molecule has 32 heavy (non-hydrogen) atoms. The van der Waals surface area contributed by atoms with Crippen LogP contribution in [0.5, 0.6) is 5.75 Å². The van der Waals surface area contributed by atoms with Gasteiger partial charge in [-0.1, -0.05) is 55.3 Å². The van der Waals surface area contributed by atoms with Gasteiger partial charge in [0, 0.05) is 38.6 Å². The smallest absolute Gasteiger partial charge is 0.259 e. The molecule has 1 aliphatic carbocycles. The molecule has 1 atom stereocenters. The van der Waals surface area contributed by atoms with Gasteiger partial charge in [0.05, 0.1) is 0 Å². The van der Waals surface area contributed by atoms with Gasteiger partial charge in [0.25, 0.3) is 5.91 Å². The molecule has 1 saturated carbocycles. The number of phenols is 1. The standard InChI is InChI=1S/C25H32N4O3/c26-24(27-18-19-10-12-22(30)13-11-19)29-16-14-28(15-17-29)23(31)25(32,21-8-4-5-9-21)20-6-2-1-3-7-20/h1-3,6-7,10-13,21,30,32H,4-5,8-9,14-18H2,(H2,26,27)/t25-/m0/s1. The number of rotatable bonds is 5. The van der Waals surface area contributed by atoms with Crippen LogP contribution in [0, 0.1) is 11.3 Å². The second-order valence-electron chi connectivity index (χ2n) is 8.76. The van der Waals surface area contributed by atoms with Gasteiger partial charge in [-0.2, -0.15) is 0 Å². The average molecular weight is 437 g/mol. The predicted molar refractivity (Wildman–Crippen MR) is 123 cm³/mol. The van der Waals surface area contributed by atoms with Crippen LogP contribution < -0.4 is 5.32 Å².